The van der Waals surface area contributed by atoms with Gasteiger partial charge in [0.1, 0.15) is 28.4 Å². The summed E-state index contributed by atoms with van der Waals surface area (Å²) in [6, 6.07) is 9.75. The Bertz CT molecular complexity index is 1570. The highest BCUT2D eigenvalue weighted by atomic mass is 32.2. The third-order valence-corrected chi connectivity index (χ3v) is 7.33. The second-order valence-electron chi connectivity index (χ2n) is 9.24. The number of amides is 2. The fourth-order valence-corrected chi connectivity index (χ4v) is 4.87. The molecule has 2 amide bonds. The van der Waals surface area contributed by atoms with E-state index in [1.165, 1.54) is 10.8 Å². The Hall–Kier alpha value is -4.58. The molecule has 234 valence electrons. The number of nitrogens with zero attached hydrogens (tertiary/aromatic N) is 3. The molecule has 3 heterocycles. The molecule has 2 aromatic heterocycles. The molecule has 0 spiro atoms. The number of hydrogen-bond donors (Lipinski definition) is 5. The molecular formula is C32H42N8O3S. The molecule has 1 aliphatic rings. The van der Waals surface area contributed by atoms with E-state index in [0.717, 1.165) is 16.7 Å². The summed E-state index contributed by atoms with van der Waals surface area (Å²) in [5, 5.41) is 21.1. The van der Waals surface area contributed by atoms with Gasteiger partial charge in [-0.15, -0.1) is 0 Å². The van der Waals surface area contributed by atoms with Crippen molar-refractivity contribution in [2.75, 3.05) is 17.6 Å². The summed E-state index contributed by atoms with van der Waals surface area (Å²) in [6.07, 6.45) is 6.45. The van der Waals surface area contributed by atoms with Crippen molar-refractivity contribution in [1.82, 2.24) is 19.9 Å². The van der Waals surface area contributed by atoms with Gasteiger partial charge in [0, 0.05) is 24.7 Å². The fourth-order valence-electron chi connectivity index (χ4n) is 4.27. The zero-order valence-electron chi connectivity index (χ0n) is 26.2. The Morgan fingerprint density at radius 3 is 2.43 bits per heavy atom. The van der Waals surface area contributed by atoms with Crippen molar-refractivity contribution in [2.45, 2.75) is 66.8 Å². The molecule has 0 aliphatic carbocycles. The van der Waals surface area contributed by atoms with Gasteiger partial charge in [-0.1, -0.05) is 76.6 Å². The Morgan fingerprint density at radius 2 is 1.80 bits per heavy atom. The minimum Gasteiger partial charge on any atom is -0.384 e. The first-order valence-corrected chi connectivity index (χ1v) is 15.5. The highest BCUT2D eigenvalue weighted by molar-refractivity contribution is 8.28. The van der Waals surface area contributed by atoms with Crippen molar-refractivity contribution in [1.29, 1.82) is 10.8 Å². The van der Waals surface area contributed by atoms with E-state index >= 15 is 0 Å². The van der Waals surface area contributed by atoms with Crippen LogP contribution in [0.4, 0.5) is 11.5 Å². The minimum atomic E-state index is -0.839. The molecule has 4 rings (SSSR count). The van der Waals surface area contributed by atoms with Gasteiger partial charge in [-0.25, -0.2) is 9.97 Å². The molecule has 1 aromatic carbocycles. The van der Waals surface area contributed by atoms with Crippen molar-refractivity contribution < 1.29 is 9.59 Å². The molecule has 0 bridgehead atoms. The lowest BCUT2D eigenvalue weighted by Crippen LogP contribution is -2.38. The zero-order valence-corrected chi connectivity index (χ0v) is 27.0. The van der Waals surface area contributed by atoms with E-state index in [9.17, 15) is 14.4 Å². The topological polar surface area (TPSA) is 180 Å². The monoisotopic (exact) mass is 618 g/mol. The lowest BCUT2D eigenvalue weighted by molar-refractivity contribution is -0.124. The van der Waals surface area contributed by atoms with Crippen molar-refractivity contribution in [2.24, 2.45) is 0 Å². The summed E-state index contributed by atoms with van der Waals surface area (Å²) in [4.78, 5) is 47.4. The standard InChI is InChI=1S/C28H30N8O3S.2C2H6/c1-3-17(12-19-14-32-22(29)11-16(19)2)13-34-26(37)21-9-10-23-33-15-20(28(39)36(21)23)35-27(38)25(31)40-24(30)18-7-5-4-6-8-18;2*1-2/h4-8,11-12,14-15,21,30-31H,3,9-10,13H2,1-2H3,(H2,29,32)(H,34,37)(H,35,38);2*1-2H3/b17-12+,30-24?,31-25?;;. The fraction of sp³-hybridized carbons (Fsp3) is 0.344. The quantitative estimate of drug-likeness (QED) is 0.175. The molecule has 44 heavy (non-hydrogen) atoms. The van der Waals surface area contributed by atoms with Crippen molar-refractivity contribution in [3.63, 3.8) is 0 Å². The van der Waals surface area contributed by atoms with Crippen LogP contribution < -0.4 is 21.9 Å². The maximum atomic E-state index is 13.3. The van der Waals surface area contributed by atoms with Crippen LogP contribution in [0.5, 0.6) is 0 Å². The van der Waals surface area contributed by atoms with Crippen LogP contribution in [0.3, 0.4) is 0 Å². The van der Waals surface area contributed by atoms with Crippen LogP contribution in [-0.2, 0) is 16.0 Å². The third-order valence-electron chi connectivity index (χ3n) is 6.50. The maximum Gasteiger partial charge on any atom is 0.280 e. The smallest absolute Gasteiger partial charge is 0.280 e. The Morgan fingerprint density at radius 1 is 1.11 bits per heavy atom. The van der Waals surface area contributed by atoms with E-state index in [1.807, 2.05) is 47.6 Å². The molecule has 1 atom stereocenters. The van der Waals surface area contributed by atoms with Gasteiger partial charge in [0.05, 0.1) is 6.20 Å². The molecule has 0 saturated carbocycles. The van der Waals surface area contributed by atoms with E-state index in [2.05, 4.69) is 20.6 Å². The first kappa shape index (κ1) is 35.6. The first-order valence-electron chi connectivity index (χ1n) is 14.7. The number of carbonyl (C=O) groups excluding carboxylic acids is 2. The number of fused-ring (bicyclic) bond motifs is 1. The number of aryl methyl sites for hydroxylation is 2. The first-order chi connectivity index (χ1) is 21.2. The van der Waals surface area contributed by atoms with Gasteiger partial charge in [0.15, 0.2) is 5.04 Å². The molecule has 1 aliphatic heterocycles. The van der Waals surface area contributed by atoms with Crippen LogP contribution >= 0.6 is 11.8 Å². The van der Waals surface area contributed by atoms with Crippen LogP contribution in [0, 0.1) is 17.7 Å². The van der Waals surface area contributed by atoms with Crippen molar-refractivity contribution in [3.8, 4) is 0 Å². The predicted octanol–water partition coefficient (Wildman–Crippen LogP) is 5.35. The number of aromatic nitrogens is 3. The van der Waals surface area contributed by atoms with Gasteiger partial charge in [-0.2, -0.15) is 0 Å². The van der Waals surface area contributed by atoms with E-state index in [1.54, 1.807) is 42.6 Å². The predicted molar refractivity (Wildman–Crippen MR) is 180 cm³/mol. The van der Waals surface area contributed by atoms with Gasteiger partial charge in [-0.3, -0.25) is 29.8 Å². The highest BCUT2D eigenvalue weighted by Crippen LogP contribution is 2.24. The summed E-state index contributed by atoms with van der Waals surface area (Å²) in [5.74, 6) is -0.266. The van der Waals surface area contributed by atoms with E-state index in [4.69, 9.17) is 16.6 Å². The number of carbonyl (C=O) groups is 2. The molecule has 0 saturated heterocycles. The van der Waals surface area contributed by atoms with Crippen LogP contribution in [0.15, 0.2) is 59.2 Å². The number of thioether (sulfide) groups is 1. The summed E-state index contributed by atoms with van der Waals surface area (Å²) in [7, 11) is 0. The van der Waals surface area contributed by atoms with Crippen molar-refractivity contribution >= 4 is 51.2 Å². The van der Waals surface area contributed by atoms with E-state index < -0.39 is 22.6 Å². The van der Waals surface area contributed by atoms with Gasteiger partial charge in [-0.05, 0) is 48.7 Å². The van der Waals surface area contributed by atoms with Gasteiger partial charge < -0.3 is 16.4 Å². The molecular weight excluding hydrogens is 576 g/mol. The lowest BCUT2D eigenvalue weighted by atomic mass is 10.1. The van der Waals surface area contributed by atoms with Gasteiger partial charge in [0.2, 0.25) is 5.91 Å². The van der Waals surface area contributed by atoms with Crippen LogP contribution in [0.2, 0.25) is 0 Å². The molecule has 0 fully saturated rings. The lowest BCUT2D eigenvalue weighted by Gasteiger charge is -2.16. The second-order valence-corrected chi connectivity index (χ2v) is 10.3. The molecule has 3 aromatic rings. The van der Waals surface area contributed by atoms with Gasteiger partial charge >= 0.3 is 0 Å². The normalized spacial score (nSPS) is 13.3. The maximum absolute atomic E-state index is 13.3. The number of rotatable bonds is 7. The number of nitrogen functional groups attached to an aromatic ring is 1. The Balaban J connectivity index is 0.00000162. The number of pyridine rings is 1. The minimum absolute atomic E-state index is 0.0320. The van der Waals surface area contributed by atoms with E-state index in [-0.39, 0.29) is 16.6 Å². The number of anilines is 2. The molecule has 11 nitrogen and oxygen atoms in total. The highest BCUT2D eigenvalue weighted by Gasteiger charge is 2.31. The Kier molecular flexibility index (Phi) is 14.2. The van der Waals surface area contributed by atoms with Gasteiger partial charge in [0.25, 0.3) is 11.5 Å². The zero-order chi connectivity index (χ0) is 32.8. The number of hydrogen-bond acceptors (Lipinski definition) is 9. The summed E-state index contributed by atoms with van der Waals surface area (Å²) < 4.78 is 1.30. The Labute approximate surface area is 262 Å². The second kappa shape index (κ2) is 17.5. The van der Waals surface area contributed by atoms with Crippen LogP contribution in [-0.4, -0.2) is 43.0 Å². The van der Waals surface area contributed by atoms with Crippen LogP contribution in [0.1, 0.15) is 76.0 Å². The number of benzene rings is 1. The summed E-state index contributed by atoms with van der Waals surface area (Å²) in [5.41, 5.74) is 8.47. The molecule has 0 radical (unpaired) electrons. The molecule has 6 N–H and O–H groups in total. The summed E-state index contributed by atoms with van der Waals surface area (Å²) >= 11 is 0.676. The number of nitrogens with one attached hydrogen (secondary N) is 4. The summed E-state index contributed by atoms with van der Waals surface area (Å²) in [6.45, 7) is 12.2. The van der Waals surface area contributed by atoms with Crippen molar-refractivity contribution in [3.05, 3.63) is 87.2 Å². The van der Waals surface area contributed by atoms with Crippen LogP contribution in [0.25, 0.3) is 6.08 Å². The number of nitrogens with two attached hydrogens (primary N) is 1. The molecule has 12 heteroatoms. The largest absolute Gasteiger partial charge is 0.384 e. The third kappa shape index (κ3) is 9.21. The molecule has 1 unspecified atom stereocenters. The van der Waals surface area contributed by atoms with E-state index in [0.29, 0.717) is 54.8 Å². The average molecular weight is 619 g/mol. The average Bonchev–Trinajstić information content (AvgIpc) is 3.49. The SMILES string of the molecule is CC.CC.CC/C(=C\c1cnc(N)cc1C)CNC(=O)C1CCc2ncc(NC(=O)C(=N)SC(=N)c3ccccc3)c(=O)n21.